The SMILES string of the molecule is Cc1c(C(=O)NCC2NCCCC2(C)C)cccc1[N+](=O)[O-].Cl. The third-order valence-corrected chi connectivity index (χ3v) is 4.55. The highest BCUT2D eigenvalue weighted by atomic mass is 35.5. The Balaban J connectivity index is 0.00000264. The van der Waals surface area contributed by atoms with E-state index >= 15 is 0 Å². The molecule has 0 spiro atoms. The van der Waals surface area contributed by atoms with Crippen molar-refractivity contribution in [2.45, 2.75) is 39.7 Å². The molecule has 1 aromatic carbocycles. The average Bonchev–Trinajstić information content (AvgIpc) is 2.45. The second-order valence-corrected chi connectivity index (χ2v) is 6.52. The molecule has 1 saturated heterocycles. The van der Waals surface area contributed by atoms with Crippen molar-refractivity contribution < 1.29 is 9.72 Å². The molecule has 1 heterocycles. The molecule has 2 rings (SSSR count). The van der Waals surface area contributed by atoms with Crippen molar-refractivity contribution in [2.75, 3.05) is 13.1 Å². The van der Waals surface area contributed by atoms with Gasteiger partial charge in [0.25, 0.3) is 11.6 Å². The van der Waals surface area contributed by atoms with E-state index in [9.17, 15) is 14.9 Å². The van der Waals surface area contributed by atoms with Crippen molar-refractivity contribution in [1.82, 2.24) is 10.6 Å². The number of halogens is 1. The standard InChI is InChI=1S/C16H23N3O3.ClH/c1-11-12(6-4-7-13(11)19(21)22)15(20)18-10-14-16(2,3)8-5-9-17-14;/h4,6-7,14,17H,5,8-10H2,1-3H3,(H,18,20);1H. The lowest BCUT2D eigenvalue weighted by atomic mass is 9.77. The topological polar surface area (TPSA) is 84.3 Å². The van der Waals surface area contributed by atoms with Crippen LogP contribution in [-0.4, -0.2) is 30.0 Å². The third kappa shape index (κ3) is 4.42. The lowest BCUT2D eigenvalue weighted by Gasteiger charge is -2.39. The van der Waals surface area contributed by atoms with Crippen LogP contribution in [0.25, 0.3) is 0 Å². The van der Waals surface area contributed by atoms with Gasteiger partial charge < -0.3 is 10.6 Å². The molecule has 128 valence electrons. The number of nitrogens with one attached hydrogen (secondary N) is 2. The summed E-state index contributed by atoms with van der Waals surface area (Å²) >= 11 is 0. The van der Waals surface area contributed by atoms with E-state index in [4.69, 9.17) is 0 Å². The minimum atomic E-state index is -0.460. The Morgan fingerprint density at radius 3 is 2.78 bits per heavy atom. The Labute approximate surface area is 142 Å². The molecule has 1 atom stereocenters. The van der Waals surface area contributed by atoms with Crippen LogP contribution in [0.1, 0.15) is 42.6 Å². The van der Waals surface area contributed by atoms with Gasteiger partial charge in [-0.15, -0.1) is 12.4 Å². The second kappa shape index (κ2) is 7.75. The maximum Gasteiger partial charge on any atom is 0.273 e. The Kier molecular flexibility index (Phi) is 6.53. The van der Waals surface area contributed by atoms with Crippen LogP contribution < -0.4 is 10.6 Å². The number of nitro benzene ring substituents is 1. The molecule has 6 nitrogen and oxygen atoms in total. The van der Waals surface area contributed by atoms with Gasteiger partial charge in [-0.2, -0.15) is 0 Å². The lowest BCUT2D eigenvalue weighted by molar-refractivity contribution is -0.385. The van der Waals surface area contributed by atoms with E-state index in [-0.39, 0.29) is 35.5 Å². The van der Waals surface area contributed by atoms with E-state index < -0.39 is 4.92 Å². The number of benzene rings is 1. The number of carbonyl (C=O) groups excluding carboxylic acids is 1. The Morgan fingerprint density at radius 2 is 2.17 bits per heavy atom. The van der Waals surface area contributed by atoms with Gasteiger partial charge in [0.1, 0.15) is 0 Å². The Hall–Kier alpha value is -1.66. The first-order valence-corrected chi connectivity index (χ1v) is 7.58. The summed E-state index contributed by atoms with van der Waals surface area (Å²) in [4.78, 5) is 22.8. The van der Waals surface area contributed by atoms with Gasteiger partial charge in [-0.05, 0) is 37.8 Å². The molecule has 1 unspecified atom stereocenters. The maximum atomic E-state index is 12.3. The minimum absolute atomic E-state index is 0. The average molecular weight is 342 g/mol. The monoisotopic (exact) mass is 341 g/mol. The van der Waals surface area contributed by atoms with Crippen LogP contribution >= 0.6 is 12.4 Å². The molecule has 1 fully saturated rings. The number of carbonyl (C=O) groups is 1. The summed E-state index contributed by atoms with van der Waals surface area (Å²) in [6, 6.07) is 4.79. The zero-order valence-electron chi connectivity index (χ0n) is 13.7. The van der Waals surface area contributed by atoms with Gasteiger partial charge in [0.15, 0.2) is 0 Å². The molecule has 1 aliphatic rings. The highest BCUT2D eigenvalue weighted by molar-refractivity contribution is 5.96. The summed E-state index contributed by atoms with van der Waals surface area (Å²) in [6.45, 7) is 7.47. The van der Waals surface area contributed by atoms with Gasteiger partial charge in [0, 0.05) is 29.8 Å². The fraction of sp³-hybridized carbons (Fsp3) is 0.562. The molecule has 1 aliphatic heterocycles. The van der Waals surface area contributed by atoms with Gasteiger partial charge in [-0.25, -0.2) is 0 Å². The number of nitro groups is 1. The number of piperidine rings is 1. The smallest absolute Gasteiger partial charge is 0.273 e. The number of amides is 1. The van der Waals surface area contributed by atoms with Gasteiger partial charge >= 0.3 is 0 Å². The molecule has 0 bridgehead atoms. The van der Waals surface area contributed by atoms with E-state index in [2.05, 4.69) is 24.5 Å². The lowest BCUT2D eigenvalue weighted by Crippen LogP contribution is -2.52. The van der Waals surface area contributed by atoms with Crippen LogP contribution in [0.15, 0.2) is 18.2 Å². The first-order valence-electron chi connectivity index (χ1n) is 7.58. The zero-order chi connectivity index (χ0) is 16.3. The van der Waals surface area contributed by atoms with E-state index in [0.717, 1.165) is 19.4 Å². The van der Waals surface area contributed by atoms with Crippen LogP contribution in [0.3, 0.4) is 0 Å². The van der Waals surface area contributed by atoms with E-state index in [1.807, 2.05) is 0 Å². The Bertz CT molecular complexity index is 590. The molecule has 1 aromatic rings. The van der Waals surface area contributed by atoms with Crippen molar-refractivity contribution in [1.29, 1.82) is 0 Å². The fourth-order valence-corrected chi connectivity index (χ4v) is 2.98. The highest BCUT2D eigenvalue weighted by Crippen LogP contribution is 2.29. The molecule has 0 aliphatic carbocycles. The largest absolute Gasteiger partial charge is 0.350 e. The quantitative estimate of drug-likeness (QED) is 0.651. The van der Waals surface area contributed by atoms with Gasteiger partial charge in [0.2, 0.25) is 0 Å². The van der Waals surface area contributed by atoms with E-state index in [0.29, 0.717) is 17.7 Å². The zero-order valence-corrected chi connectivity index (χ0v) is 14.5. The molecule has 0 radical (unpaired) electrons. The number of rotatable bonds is 4. The van der Waals surface area contributed by atoms with Crippen LogP contribution in [0.2, 0.25) is 0 Å². The minimum Gasteiger partial charge on any atom is -0.350 e. The summed E-state index contributed by atoms with van der Waals surface area (Å²) in [7, 11) is 0. The molecule has 0 saturated carbocycles. The van der Waals surface area contributed by atoms with E-state index in [1.165, 1.54) is 6.07 Å². The van der Waals surface area contributed by atoms with Crippen molar-refractivity contribution in [2.24, 2.45) is 5.41 Å². The second-order valence-electron chi connectivity index (χ2n) is 6.52. The molecule has 0 aromatic heterocycles. The summed E-state index contributed by atoms with van der Waals surface area (Å²) in [5.41, 5.74) is 0.871. The van der Waals surface area contributed by atoms with Crippen LogP contribution in [0.5, 0.6) is 0 Å². The third-order valence-electron chi connectivity index (χ3n) is 4.55. The van der Waals surface area contributed by atoms with Crippen molar-refractivity contribution >= 4 is 24.0 Å². The molecule has 7 heteroatoms. The highest BCUT2D eigenvalue weighted by Gasteiger charge is 2.32. The summed E-state index contributed by atoms with van der Waals surface area (Å²) in [6.07, 6.45) is 2.26. The Morgan fingerprint density at radius 1 is 1.48 bits per heavy atom. The molecule has 23 heavy (non-hydrogen) atoms. The van der Waals surface area contributed by atoms with Crippen molar-refractivity contribution in [3.8, 4) is 0 Å². The van der Waals surface area contributed by atoms with Crippen LogP contribution in [-0.2, 0) is 0 Å². The van der Waals surface area contributed by atoms with Gasteiger partial charge in [0.05, 0.1) is 4.92 Å². The van der Waals surface area contributed by atoms with Gasteiger partial charge in [-0.3, -0.25) is 14.9 Å². The van der Waals surface area contributed by atoms with Crippen molar-refractivity contribution in [3.63, 3.8) is 0 Å². The molecule has 1 amide bonds. The van der Waals surface area contributed by atoms with Crippen molar-refractivity contribution in [3.05, 3.63) is 39.4 Å². The molecular weight excluding hydrogens is 318 g/mol. The predicted octanol–water partition coefficient (Wildman–Crippen LogP) is 2.83. The first kappa shape index (κ1) is 19.4. The molecule has 2 N–H and O–H groups in total. The first-order chi connectivity index (χ1) is 10.3. The number of nitrogens with zero attached hydrogens (tertiary/aromatic N) is 1. The summed E-state index contributed by atoms with van der Waals surface area (Å²) in [5.74, 6) is -0.260. The fourth-order valence-electron chi connectivity index (χ4n) is 2.98. The molecular formula is C16H24ClN3O3. The van der Waals surface area contributed by atoms with Crippen LogP contribution in [0.4, 0.5) is 5.69 Å². The van der Waals surface area contributed by atoms with Crippen LogP contribution in [0, 0.1) is 22.5 Å². The number of hydrogen-bond donors (Lipinski definition) is 2. The summed E-state index contributed by atoms with van der Waals surface area (Å²) in [5, 5.41) is 17.3. The van der Waals surface area contributed by atoms with E-state index in [1.54, 1.807) is 19.1 Å². The number of hydrogen-bond acceptors (Lipinski definition) is 4. The summed E-state index contributed by atoms with van der Waals surface area (Å²) < 4.78 is 0. The maximum absolute atomic E-state index is 12.3. The predicted molar refractivity (Wildman–Crippen MR) is 92.2 cm³/mol. The van der Waals surface area contributed by atoms with Gasteiger partial charge in [-0.1, -0.05) is 19.9 Å². The normalized spacial score (nSPS) is 19.5.